The van der Waals surface area contributed by atoms with Gasteiger partial charge in [-0.1, -0.05) is 166 Å². The van der Waals surface area contributed by atoms with Crippen LogP contribution in [0.5, 0.6) is 0 Å². The number of carbonyl (C=O) groups excluding carboxylic acids is 14. The molecule has 105 heavy (non-hydrogen) atoms. The van der Waals surface area contributed by atoms with Gasteiger partial charge in [0.2, 0.25) is 70.9 Å². The van der Waals surface area contributed by atoms with Crippen molar-refractivity contribution >= 4 is 82.8 Å². The minimum Gasteiger partial charge on any atom is -0.458 e. The molecular weight excluding hydrogens is 1350 g/mol. The molecular formula is C75H124N14O16. The molecule has 3 rings (SSSR count). The average Bonchev–Trinajstić information content (AvgIpc) is 1.79. The first-order valence-electron chi connectivity index (χ1n) is 37.5. The lowest BCUT2D eigenvalue weighted by Crippen LogP contribution is -2.64. The van der Waals surface area contributed by atoms with Gasteiger partial charge in [-0.15, -0.1) is 0 Å². The summed E-state index contributed by atoms with van der Waals surface area (Å²) < 4.78 is 5.96. The highest BCUT2D eigenvalue weighted by Gasteiger charge is 2.44. The van der Waals surface area contributed by atoms with Crippen LogP contribution in [0.2, 0.25) is 0 Å². The van der Waals surface area contributed by atoms with Gasteiger partial charge in [0, 0.05) is 19.4 Å². The third-order valence-electron chi connectivity index (χ3n) is 19.3. The van der Waals surface area contributed by atoms with Crippen LogP contribution in [-0.2, 0) is 78.3 Å². The monoisotopic (exact) mass is 1480 g/mol. The van der Waals surface area contributed by atoms with E-state index in [9.17, 15) is 62.6 Å². The van der Waals surface area contributed by atoms with E-state index >= 15 is 9.59 Å². The zero-order valence-electron chi connectivity index (χ0n) is 65.2. The van der Waals surface area contributed by atoms with Gasteiger partial charge < -0.3 is 84.3 Å². The quantitative estimate of drug-likeness (QED) is 0.0353. The van der Waals surface area contributed by atoms with Crippen molar-refractivity contribution < 1.29 is 77.0 Å². The normalized spacial score (nSPS) is 22.6. The van der Waals surface area contributed by atoms with Crippen LogP contribution in [-0.4, -0.2) is 191 Å². The Hall–Kier alpha value is -8.54. The van der Waals surface area contributed by atoms with E-state index in [1.807, 2.05) is 13.8 Å². The van der Waals surface area contributed by atoms with E-state index in [4.69, 9.17) is 10.5 Å². The molecule has 1 aromatic carbocycles. The molecule has 2 aliphatic rings. The molecule has 2 saturated heterocycles. The van der Waals surface area contributed by atoms with Crippen LogP contribution in [0.4, 0.5) is 0 Å². The molecule has 30 heteroatoms. The van der Waals surface area contributed by atoms with E-state index in [1.165, 1.54) is 31.7 Å². The minimum absolute atomic E-state index is 0.0355. The largest absolute Gasteiger partial charge is 0.458 e. The van der Waals surface area contributed by atoms with Gasteiger partial charge in [-0.05, 0) is 112 Å². The minimum atomic E-state index is -1.83. The number of ether oxygens (including phenoxy) is 1. The Labute approximate surface area is 620 Å². The number of likely N-dealkylation sites (tertiary alicyclic amines) is 1. The van der Waals surface area contributed by atoms with Gasteiger partial charge in [0.25, 0.3) is 5.91 Å². The lowest BCUT2D eigenvalue weighted by molar-refractivity contribution is -0.157. The van der Waals surface area contributed by atoms with Crippen molar-refractivity contribution in [1.29, 1.82) is 0 Å². The average molecular weight is 1480 g/mol. The van der Waals surface area contributed by atoms with Crippen molar-refractivity contribution in [1.82, 2.24) is 68.7 Å². The van der Waals surface area contributed by atoms with Crippen LogP contribution >= 0.6 is 0 Å². The first-order chi connectivity index (χ1) is 49.2. The van der Waals surface area contributed by atoms with Crippen molar-refractivity contribution in [2.45, 2.75) is 280 Å². The van der Waals surface area contributed by atoms with Crippen LogP contribution in [0, 0.1) is 47.3 Å². The highest BCUT2D eigenvalue weighted by atomic mass is 16.5. The number of nitrogens with two attached hydrogens (primary N) is 1. The Morgan fingerprint density at radius 2 is 1.15 bits per heavy atom. The first-order valence-corrected chi connectivity index (χ1v) is 37.5. The number of cyclic esters (lactones) is 1. The van der Waals surface area contributed by atoms with Gasteiger partial charge in [0.05, 0.1) is 6.10 Å². The Kier molecular flexibility index (Phi) is 37.8. The van der Waals surface area contributed by atoms with Crippen LogP contribution < -0.4 is 69.5 Å². The van der Waals surface area contributed by atoms with Crippen molar-refractivity contribution in [2.75, 3.05) is 13.1 Å². The first kappa shape index (κ1) is 90.7. The molecule has 590 valence electrons. The van der Waals surface area contributed by atoms with Crippen molar-refractivity contribution in [3.05, 3.63) is 47.7 Å². The van der Waals surface area contributed by atoms with Crippen LogP contribution in [0.25, 0.3) is 0 Å². The van der Waals surface area contributed by atoms with Crippen molar-refractivity contribution in [3.63, 3.8) is 0 Å². The van der Waals surface area contributed by atoms with Gasteiger partial charge in [-0.25, -0.2) is 4.79 Å². The van der Waals surface area contributed by atoms with E-state index in [2.05, 4.69) is 63.8 Å². The summed E-state index contributed by atoms with van der Waals surface area (Å²) in [5.74, 6) is -15.1. The maximum absolute atomic E-state index is 15.0. The molecule has 0 saturated carbocycles. The van der Waals surface area contributed by atoms with E-state index in [-0.39, 0.29) is 63.2 Å². The molecule has 4 unspecified atom stereocenters. The van der Waals surface area contributed by atoms with Gasteiger partial charge in [-0.3, -0.25) is 62.3 Å². The Balaban J connectivity index is 2.00. The number of rotatable bonds is 33. The second-order valence-electron chi connectivity index (χ2n) is 30.2. The van der Waals surface area contributed by atoms with Gasteiger partial charge in [0.15, 0.2) is 0 Å². The number of allylic oxidation sites excluding steroid dienone is 1. The van der Waals surface area contributed by atoms with Crippen molar-refractivity contribution in [3.8, 4) is 0 Å². The zero-order valence-corrected chi connectivity index (χ0v) is 65.2. The molecule has 0 aliphatic carbocycles. The maximum Gasteiger partial charge on any atom is 0.329 e. The summed E-state index contributed by atoms with van der Waals surface area (Å²) in [6, 6.07) is -7.67. The lowest BCUT2D eigenvalue weighted by atomic mass is 9.95. The SMILES string of the molecule is C/C=C1\NC(=O)[C@H](Cc2ccccc2)NC(=O)[C@@H](C(C)C)NC(=O)[C@@H](C(C)CC)NC(=O)[C@H](NC(=O)[C@H](NC(=O)[C@H](CCCN)NC(=O)[C@H]2CCCN2C(=O)[C@@H](NC(=O)[C@@H](NC(=O)[C@H](NC(=O)[C@@H](NC(=O)CCCC(C)C)C(C)C)C(C)O)C(C)C)C(C)C)C(C)CC)C(C)OC(=O)[C@H](C(C)C)NC1=O. The topological polar surface area (TPSA) is 442 Å². The summed E-state index contributed by atoms with van der Waals surface area (Å²) in [5.41, 5.74) is 6.34. The van der Waals surface area contributed by atoms with Gasteiger partial charge in [-0.2, -0.15) is 0 Å². The summed E-state index contributed by atoms with van der Waals surface area (Å²) in [7, 11) is 0. The van der Waals surface area contributed by atoms with E-state index < -0.39 is 203 Å². The fourth-order valence-corrected chi connectivity index (χ4v) is 12.1. The number of nitrogens with zero attached hydrogens (tertiary/aromatic N) is 1. The van der Waals surface area contributed by atoms with Gasteiger partial charge in [0.1, 0.15) is 84.3 Å². The number of esters is 1. The Morgan fingerprint density at radius 3 is 1.69 bits per heavy atom. The molecule has 2 fully saturated rings. The van der Waals surface area contributed by atoms with Crippen LogP contribution in [0.3, 0.4) is 0 Å². The number of amides is 13. The van der Waals surface area contributed by atoms with Crippen LogP contribution in [0.1, 0.15) is 195 Å². The molecule has 2 heterocycles. The fourth-order valence-electron chi connectivity index (χ4n) is 12.1. The number of nitrogens with one attached hydrogen (secondary N) is 12. The Bertz CT molecular complexity index is 3160. The van der Waals surface area contributed by atoms with E-state index in [0.717, 1.165) is 6.42 Å². The molecule has 30 nitrogen and oxygen atoms in total. The number of hydrogen-bond acceptors (Lipinski definition) is 17. The molecule has 0 bridgehead atoms. The summed E-state index contributed by atoms with van der Waals surface area (Å²) in [4.78, 5) is 202. The number of carbonyl (C=O) groups is 14. The predicted molar refractivity (Wildman–Crippen MR) is 395 cm³/mol. The summed E-state index contributed by atoms with van der Waals surface area (Å²) in [6.07, 6.45) is 1.02. The zero-order chi connectivity index (χ0) is 79.4. The van der Waals surface area contributed by atoms with E-state index in [1.54, 1.807) is 127 Å². The summed E-state index contributed by atoms with van der Waals surface area (Å²) in [6.45, 7) is 31.8. The summed E-state index contributed by atoms with van der Waals surface area (Å²) >= 11 is 0. The lowest BCUT2D eigenvalue weighted by Gasteiger charge is -2.33. The molecule has 0 spiro atoms. The smallest absolute Gasteiger partial charge is 0.329 e. The Morgan fingerprint density at radius 1 is 0.610 bits per heavy atom. The second kappa shape index (κ2) is 43.8. The molecule has 15 N–H and O–H groups in total. The fraction of sp³-hybridized carbons (Fsp3) is 0.707. The third kappa shape index (κ3) is 27.7. The highest BCUT2D eigenvalue weighted by molar-refractivity contribution is 6.03. The van der Waals surface area contributed by atoms with Gasteiger partial charge >= 0.3 is 5.97 Å². The van der Waals surface area contributed by atoms with Crippen LogP contribution in [0.15, 0.2) is 42.1 Å². The highest BCUT2D eigenvalue weighted by Crippen LogP contribution is 2.23. The molecule has 1 aromatic rings. The molecule has 0 radical (unpaired) electrons. The molecule has 16 atom stereocenters. The summed E-state index contributed by atoms with van der Waals surface area (Å²) in [5, 5.41) is 43.2. The molecule has 13 amide bonds. The predicted octanol–water partition coefficient (Wildman–Crippen LogP) is 1.84. The standard InChI is InChI=1S/C75H124N14O16/c1-20-44(16)59(71(100)88-62-47(19)105-75(104)58(43(14)15)84-63(92)49(22-3)77-65(94)51(37-48-30-24-23-25-31-48)79-67(96)55(40(8)9)81-70(99)60(45(17)21-2)86-73(62)102)85-64(93)50(32-27-35-76)78-66(95)52-33-28-36-89(52)74(103)57(42(12)13)83-69(98)56(41(10)11)82-72(101)61(46(18)90)87-68(97)54(39(6)7)80-53(91)34-26-29-38(4)5/h22-25,30-31,38-47,50-52,54-62,90H,20-21,26-29,32-37,76H2,1-19H3,(H,77,94)(H,78,95)(H,79,96)(H,80,91)(H,81,99)(H,82,101)(H,83,98)(H,84,92)(H,85,93)(H,86,102)(H,87,97)(H,88,100)/b49-22-/t44?,45?,46?,47?,50-,51-,52+,54-,55+,56-,57-,58-,59+,60+,61+,62+/m0/s1. The van der Waals surface area contributed by atoms with E-state index in [0.29, 0.717) is 30.7 Å². The molecule has 2 aliphatic heterocycles. The number of aliphatic hydroxyl groups is 1. The second-order valence-corrected chi connectivity index (χ2v) is 30.2. The van der Waals surface area contributed by atoms with Crippen molar-refractivity contribution in [2.24, 2.45) is 53.1 Å². The maximum atomic E-state index is 15.0. The molecule has 0 aromatic heterocycles. The number of aliphatic hydroxyl groups excluding tert-OH is 1. The number of benzene rings is 1. The number of hydrogen-bond donors (Lipinski definition) is 14. The third-order valence-corrected chi connectivity index (χ3v) is 19.3.